The normalized spacial score (nSPS) is 11.2. The van der Waals surface area contributed by atoms with Crippen molar-refractivity contribution in [3.8, 4) is 0 Å². The molecule has 0 saturated carbocycles. The van der Waals surface area contributed by atoms with E-state index in [0.29, 0.717) is 0 Å². The van der Waals surface area contributed by atoms with Crippen molar-refractivity contribution in [1.29, 1.82) is 0 Å². The Morgan fingerprint density at radius 3 is 2.86 bits per heavy atom. The third kappa shape index (κ3) is 0.992. The van der Waals surface area contributed by atoms with E-state index in [1.807, 2.05) is 23.5 Å². The number of aryl methyl sites for hydroxylation is 1. The van der Waals surface area contributed by atoms with Crippen LogP contribution in [0.1, 0.15) is 5.56 Å². The van der Waals surface area contributed by atoms with Crippen LogP contribution in [0, 0.1) is 13.0 Å². The lowest BCUT2D eigenvalue weighted by Gasteiger charge is -1.94. The zero-order chi connectivity index (χ0) is 9.54. The summed E-state index contributed by atoms with van der Waals surface area (Å²) in [7, 11) is 0. The molecule has 0 atom stereocenters. The Morgan fingerprint density at radius 2 is 1.93 bits per heavy atom. The van der Waals surface area contributed by atoms with Gasteiger partial charge in [-0.05, 0) is 30.7 Å². The Labute approximate surface area is 86.8 Å². The third-order valence-corrected chi connectivity index (χ3v) is 3.64. The Balaban J connectivity index is 2.65. The van der Waals surface area contributed by atoms with Crippen molar-refractivity contribution in [2.24, 2.45) is 0 Å². The quantitative estimate of drug-likeness (QED) is 0.507. The molecule has 0 spiro atoms. The van der Waals surface area contributed by atoms with Crippen molar-refractivity contribution in [2.45, 2.75) is 6.92 Å². The maximum atomic E-state index is 3.33. The lowest BCUT2D eigenvalue weighted by atomic mass is 10.1. The first-order valence-corrected chi connectivity index (χ1v) is 5.46. The van der Waals surface area contributed by atoms with Gasteiger partial charge < -0.3 is 0 Å². The van der Waals surface area contributed by atoms with Crippen LogP contribution in [0.15, 0.2) is 36.4 Å². The Morgan fingerprint density at radius 1 is 1.07 bits per heavy atom. The van der Waals surface area contributed by atoms with Crippen molar-refractivity contribution in [1.82, 2.24) is 0 Å². The van der Waals surface area contributed by atoms with Crippen molar-refractivity contribution in [2.75, 3.05) is 0 Å². The average molecular weight is 197 g/mol. The molecule has 0 N–H and O–H groups in total. The number of thiophene rings is 1. The SMILES string of the molecule is Cc1cccc2sc3ccc[c]c3c12. The number of rotatable bonds is 0. The predicted octanol–water partition coefficient (Wildman–Crippen LogP) is 4.16. The van der Waals surface area contributed by atoms with Gasteiger partial charge in [0.05, 0.1) is 0 Å². The highest BCUT2D eigenvalue weighted by molar-refractivity contribution is 7.25. The predicted molar refractivity (Wildman–Crippen MR) is 62.9 cm³/mol. The average Bonchev–Trinajstić information content (AvgIpc) is 2.57. The molecule has 0 amide bonds. The largest absolute Gasteiger partial charge is 0.135 e. The molecule has 1 radical (unpaired) electrons. The Kier molecular flexibility index (Phi) is 1.62. The molecule has 0 aliphatic heterocycles. The molecule has 14 heavy (non-hydrogen) atoms. The van der Waals surface area contributed by atoms with Crippen LogP contribution >= 0.6 is 11.3 Å². The molecule has 1 aromatic heterocycles. The molecule has 1 heteroatoms. The van der Waals surface area contributed by atoms with Crippen LogP contribution in [-0.2, 0) is 0 Å². The minimum atomic E-state index is 1.27. The monoisotopic (exact) mass is 197 g/mol. The number of fused-ring (bicyclic) bond motifs is 3. The zero-order valence-electron chi connectivity index (χ0n) is 7.87. The van der Waals surface area contributed by atoms with Gasteiger partial charge in [-0.15, -0.1) is 11.3 Å². The first kappa shape index (κ1) is 8.01. The van der Waals surface area contributed by atoms with Crippen molar-refractivity contribution in [3.63, 3.8) is 0 Å². The van der Waals surface area contributed by atoms with Crippen LogP contribution in [0.25, 0.3) is 20.2 Å². The van der Waals surface area contributed by atoms with Crippen LogP contribution in [0.2, 0.25) is 0 Å². The van der Waals surface area contributed by atoms with Gasteiger partial charge in [0.2, 0.25) is 0 Å². The minimum absolute atomic E-state index is 1.27. The fraction of sp³-hybridized carbons (Fsp3) is 0.0769. The molecule has 67 valence electrons. The summed E-state index contributed by atoms with van der Waals surface area (Å²) in [6, 6.07) is 16.0. The van der Waals surface area contributed by atoms with Crippen molar-refractivity contribution >= 4 is 31.5 Å². The molecule has 0 bridgehead atoms. The Hall–Kier alpha value is -1.34. The summed E-state index contributed by atoms with van der Waals surface area (Å²) in [5.41, 5.74) is 1.34. The lowest BCUT2D eigenvalue weighted by Crippen LogP contribution is -1.72. The van der Waals surface area contributed by atoms with E-state index in [2.05, 4.69) is 37.3 Å². The van der Waals surface area contributed by atoms with E-state index in [-0.39, 0.29) is 0 Å². The second kappa shape index (κ2) is 2.82. The van der Waals surface area contributed by atoms with E-state index in [0.717, 1.165) is 0 Å². The molecule has 0 fully saturated rings. The smallest absolute Gasteiger partial charge is 0.0361 e. The van der Waals surface area contributed by atoms with E-state index >= 15 is 0 Å². The molecule has 0 nitrogen and oxygen atoms in total. The van der Waals surface area contributed by atoms with Crippen LogP contribution in [-0.4, -0.2) is 0 Å². The zero-order valence-corrected chi connectivity index (χ0v) is 8.69. The lowest BCUT2D eigenvalue weighted by molar-refractivity contribution is 1.55. The third-order valence-electron chi connectivity index (χ3n) is 2.52. The topological polar surface area (TPSA) is 0 Å². The van der Waals surface area contributed by atoms with Gasteiger partial charge in [0.15, 0.2) is 0 Å². The first-order valence-electron chi connectivity index (χ1n) is 4.65. The van der Waals surface area contributed by atoms with E-state index in [1.54, 1.807) is 0 Å². The summed E-state index contributed by atoms with van der Waals surface area (Å²) in [5.74, 6) is 0. The first-order chi connectivity index (χ1) is 6.86. The van der Waals surface area contributed by atoms with Gasteiger partial charge in [-0.2, -0.15) is 0 Å². The summed E-state index contributed by atoms with van der Waals surface area (Å²) in [5, 5.41) is 2.64. The fourth-order valence-electron chi connectivity index (χ4n) is 1.87. The number of benzene rings is 2. The van der Waals surface area contributed by atoms with Crippen LogP contribution in [0.3, 0.4) is 0 Å². The van der Waals surface area contributed by atoms with Gasteiger partial charge in [-0.25, -0.2) is 0 Å². The molecule has 0 aliphatic carbocycles. The highest BCUT2D eigenvalue weighted by Gasteiger charge is 2.05. The van der Waals surface area contributed by atoms with Gasteiger partial charge in [-0.1, -0.05) is 24.3 Å². The van der Waals surface area contributed by atoms with Crippen molar-refractivity contribution in [3.05, 3.63) is 48.0 Å². The number of hydrogen-bond donors (Lipinski definition) is 0. The van der Waals surface area contributed by atoms with Crippen LogP contribution in [0.4, 0.5) is 0 Å². The molecule has 0 unspecified atom stereocenters. The van der Waals surface area contributed by atoms with Crippen molar-refractivity contribution < 1.29 is 0 Å². The van der Waals surface area contributed by atoms with E-state index in [9.17, 15) is 0 Å². The molecule has 3 rings (SSSR count). The maximum absolute atomic E-state index is 3.33. The van der Waals surface area contributed by atoms with Gasteiger partial charge in [0, 0.05) is 20.2 Å². The molecular formula is C13H9S. The summed E-state index contributed by atoms with van der Waals surface area (Å²) < 4.78 is 2.69. The summed E-state index contributed by atoms with van der Waals surface area (Å²) in [4.78, 5) is 0. The molecule has 0 aliphatic rings. The summed E-state index contributed by atoms with van der Waals surface area (Å²) in [6.07, 6.45) is 0. The second-order valence-electron chi connectivity index (χ2n) is 3.46. The second-order valence-corrected chi connectivity index (χ2v) is 4.54. The van der Waals surface area contributed by atoms with E-state index in [4.69, 9.17) is 0 Å². The summed E-state index contributed by atoms with van der Waals surface area (Å²) >= 11 is 1.84. The van der Waals surface area contributed by atoms with Gasteiger partial charge in [0.1, 0.15) is 0 Å². The molecule has 2 aromatic carbocycles. The van der Waals surface area contributed by atoms with E-state index in [1.165, 1.54) is 25.7 Å². The summed E-state index contributed by atoms with van der Waals surface area (Å²) in [6.45, 7) is 2.16. The number of hydrogen-bond acceptors (Lipinski definition) is 1. The van der Waals surface area contributed by atoms with Crippen LogP contribution in [0.5, 0.6) is 0 Å². The van der Waals surface area contributed by atoms with Gasteiger partial charge in [-0.3, -0.25) is 0 Å². The van der Waals surface area contributed by atoms with Gasteiger partial charge in [0.25, 0.3) is 0 Å². The maximum Gasteiger partial charge on any atom is 0.0361 e. The van der Waals surface area contributed by atoms with Crippen LogP contribution < -0.4 is 0 Å². The molecule has 3 aromatic rings. The highest BCUT2D eigenvalue weighted by Crippen LogP contribution is 2.34. The molecular weight excluding hydrogens is 188 g/mol. The molecule has 0 saturated heterocycles. The fourth-order valence-corrected chi connectivity index (χ4v) is 3.02. The minimum Gasteiger partial charge on any atom is -0.135 e. The van der Waals surface area contributed by atoms with Gasteiger partial charge >= 0.3 is 0 Å². The molecule has 1 heterocycles. The standard InChI is InChI=1S/C13H9S/c1-9-5-4-8-12-13(9)10-6-2-3-7-11(10)14-12/h2-5,7-8H,1H3. The van der Waals surface area contributed by atoms with E-state index < -0.39 is 0 Å². The highest BCUT2D eigenvalue weighted by atomic mass is 32.1. The Bertz CT molecular complexity index is 605.